The fourth-order valence-electron chi connectivity index (χ4n) is 4.11. The lowest BCUT2D eigenvalue weighted by atomic mass is 10.1. The molecular weight excluding hydrogens is 531 g/mol. The first-order valence-corrected chi connectivity index (χ1v) is 13.8. The van der Waals surface area contributed by atoms with Crippen molar-refractivity contribution in [3.8, 4) is 17.1 Å². The van der Waals surface area contributed by atoms with Crippen LogP contribution in [0.15, 0.2) is 36.9 Å². The number of sulfonamides is 1. The first kappa shape index (κ1) is 27.3. The molecule has 1 atom stereocenters. The van der Waals surface area contributed by atoms with E-state index in [9.17, 15) is 21.6 Å². The lowest BCUT2D eigenvalue weighted by Crippen LogP contribution is -2.42. The number of nitrogens with zero attached hydrogens (tertiary/aromatic N) is 5. The fourth-order valence-corrected chi connectivity index (χ4v) is 5.27. The monoisotopic (exact) mass is 557 g/mol. The molecule has 37 heavy (non-hydrogen) atoms. The van der Waals surface area contributed by atoms with E-state index < -0.39 is 21.8 Å². The Morgan fingerprint density at radius 2 is 1.89 bits per heavy atom. The molecule has 1 saturated heterocycles. The highest BCUT2D eigenvalue weighted by Gasteiger charge is 2.36. The highest BCUT2D eigenvalue weighted by Crippen LogP contribution is 2.36. The van der Waals surface area contributed by atoms with E-state index in [-0.39, 0.29) is 29.4 Å². The van der Waals surface area contributed by atoms with Crippen LogP contribution in [0.2, 0.25) is 5.02 Å². The lowest BCUT2D eigenvalue weighted by Gasteiger charge is -2.30. The lowest BCUT2D eigenvalue weighted by molar-refractivity contribution is -0.137. The van der Waals surface area contributed by atoms with Gasteiger partial charge in [0.1, 0.15) is 23.3 Å². The van der Waals surface area contributed by atoms with Gasteiger partial charge in [-0.2, -0.15) is 13.2 Å². The van der Waals surface area contributed by atoms with Gasteiger partial charge < -0.3 is 15.2 Å². The summed E-state index contributed by atoms with van der Waals surface area (Å²) in [4.78, 5) is 12.2. The second-order valence-electron chi connectivity index (χ2n) is 8.92. The SMILES string of the molecule is CNC(C)c1ccc(-n2cnc(-c3nc(NC4CCN(S(C)(=O)=O)CC4)ncc3C(F)(F)F)c2)c(Cl)c1. The number of rotatable bonds is 7. The van der Waals surface area contributed by atoms with Crippen molar-refractivity contribution in [3.63, 3.8) is 0 Å². The van der Waals surface area contributed by atoms with Gasteiger partial charge in [-0.3, -0.25) is 0 Å². The van der Waals surface area contributed by atoms with Crippen molar-refractivity contribution in [2.24, 2.45) is 0 Å². The van der Waals surface area contributed by atoms with E-state index in [4.69, 9.17) is 11.6 Å². The maximum Gasteiger partial charge on any atom is 0.420 e. The van der Waals surface area contributed by atoms with Gasteiger partial charge >= 0.3 is 6.18 Å². The predicted molar refractivity (Wildman–Crippen MR) is 135 cm³/mol. The summed E-state index contributed by atoms with van der Waals surface area (Å²) in [5, 5.41) is 6.58. The Hall–Kier alpha value is -2.74. The summed E-state index contributed by atoms with van der Waals surface area (Å²) < 4.78 is 67.8. The Bertz CT molecular complexity index is 1370. The van der Waals surface area contributed by atoms with Crippen molar-refractivity contribution in [3.05, 3.63) is 53.1 Å². The zero-order valence-electron chi connectivity index (χ0n) is 20.4. The van der Waals surface area contributed by atoms with Crippen molar-refractivity contribution in [2.75, 3.05) is 31.7 Å². The second kappa shape index (κ2) is 10.6. The molecule has 1 fully saturated rings. The van der Waals surface area contributed by atoms with Crippen molar-refractivity contribution in [1.82, 2.24) is 29.1 Å². The van der Waals surface area contributed by atoms with Crippen LogP contribution in [0, 0.1) is 0 Å². The summed E-state index contributed by atoms with van der Waals surface area (Å²) in [6.45, 7) is 2.59. The average Bonchev–Trinajstić information content (AvgIpc) is 3.32. The molecule has 0 saturated carbocycles. The molecule has 3 aromatic rings. The average molecular weight is 558 g/mol. The normalized spacial score (nSPS) is 16.6. The van der Waals surface area contributed by atoms with E-state index in [1.165, 1.54) is 16.8 Å². The van der Waals surface area contributed by atoms with E-state index in [0.717, 1.165) is 18.0 Å². The van der Waals surface area contributed by atoms with Gasteiger partial charge in [0, 0.05) is 37.6 Å². The third kappa shape index (κ3) is 6.22. The topological polar surface area (TPSA) is 105 Å². The van der Waals surface area contributed by atoms with Crippen LogP contribution in [0.25, 0.3) is 17.1 Å². The predicted octanol–water partition coefficient (Wildman–Crippen LogP) is 4.12. The number of hydrogen-bond donors (Lipinski definition) is 2. The van der Waals surface area contributed by atoms with Crippen LogP contribution in [-0.2, 0) is 16.2 Å². The zero-order chi connectivity index (χ0) is 27.0. The van der Waals surface area contributed by atoms with E-state index in [0.29, 0.717) is 36.6 Å². The van der Waals surface area contributed by atoms with Crippen molar-refractivity contribution >= 4 is 27.6 Å². The highest BCUT2D eigenvalue weighted by molar-refractivity contribution is 7.88. The largest absolute Gasteiger partial charge is 0.420 e. The Labute approximate surface area is 218 Å². The number of aromatic nitrogens is 4. The Balaban J connectivity index is 1.61. The molecule has 9 nitrogen and oxygen atoms in total. The molecule has 0 aliphatic carbocycles. The van der Waals surface area contributed by atoms with Crippen molar-refractivity contribution in [2.45, 2.75) is 38.0 Å². The maximum atomic E-state index is 13.8. The van der Waals surface area contributed by atoms with Gasteiger partial charge in [-0.05, 0) is 44.5 Å². The quantitative estimate of drug-likeness (QED) is 0.450. The summed E-state index contributed by atoms with van der Waals surface area (Å²) in [6, 6.07) is 5.34. The Morgan fingerprint density at radius 3 is 2.49 bits per heavy atom. The molecule has 14 heteroatoms. The number of imidazole rings is 1. The van der Waals surface area contributed by atoms with E-state index in [1.54, 1.807) is 16.7 Å². The number of nitrogens with one attached hydrogen (secondary N) is 2. The number of benzene rings is 1. The molecule has 200 valence electrons. The van der Waals surface area contributed by atoms with E-state index in [1.807, 2.05) is 20.0 Å². The van der Waals surface area contributed by atoms with Gasteiger partial charge in [-0.25, -0.2) is 27.7 Å². The molecular formula is C23H27ClF3N7O2S. The molecule has 2 aromatic heterocycles. The minimum atomic E-state index is -4.69. The highest BCUT2D eigenvalue weighted by atomic mass is 35.5. The van der Waals surface area contributed by atoms with Crippen LogP contribution in [0.1, 0.15) is 36.9 Å². The first-order chi connectivity index (χ1) is 17.4. The standard InChI is InChI=1S/C23H27ClF3N7O2S/c1-14(28-2)15-4-5-20(18(24)10-15)33-12-19(30-13-33)21-17(23(25,26)27)11-29-22(32-21)31-16-6-8-34(9-7-16)37(3,35)36/h4-5,10-14,16,28H,6-9H2,1-3H3,(H,29,31,32). The first-order valence-electron chi connectivity index (χ1n) is 11.5. The molecule has 1 aliphatic heterocycles. The van der Waals surface area contributed by atoms with Crippen LogP contribution in [-0.4, -0.2) is 64.7 Å². The molecule has 2 N–H and O–H groups in total. The van der Waals surface area contributed by atoms with Crippen LogP contribution >= 0.6 is 11.6 Å². The molecule has 0 radical (unpaired) electrons. The van der Waals surface area contributed by atoms with E-state index >= 15 is 0 Å². The Morgan fingerprint density at radius 1 is 1.19 bits per heavy atom. The molecule has 0 spiro atoms. The van der Waals surface area contributed by atoms with Crippen LogP contribution in [0.4, 0.5) is 19.1 Å². The third-order valence-corrected chi connectivity index (χ3v) is 7.96. The molecule has 1 aliphatic rings. The van der Waals surface area contributed by atoms with Crippen molar-refractivity contribution < 1.29 is 21.6 Å². The van der Waals surface area contributed by atoms with E-state index in [2.05, 4.69) is 25.6 Å². The van der Waals surface area contributed by atoms with Gasteiger partial charge in [-0.15, -0.1) is 0 Å². The Kier molecular flexibility index (Phi) is 7.79. The summed E-state index contributed by atoms with van der Waals surface area (Å²) in [5.41, 5.74) is 0.151. The fraction of sp³-hybridized carbons (Fsp3) is 0.435. The van der Waals surface area contributed by atoms with Crippen LogP contribution < -0.4 is 10.6 Å². The van der Waals surface area contributed by atoms with Gasteiger partial charge in [0.2, 0.25) is 16.0 Å². The van der Waals surface area contributed by atoms with Crippen LogP contribution in [0.5, 0.6) is 0 Å². The summed E-state index contributed by atoms with van der Waals surface area (Å²) in [6.07, 6.45) is 0.958. The molecule has 1 unspecified atom stereocenters. The van der Waals surface area contributed by atoms with Gasteiger partial charge in [-0.1, -0.05) is 17.7 Å². The zero-order valence-corrected chi connectivity index (χ0v) is 22.0. The minimum Gasteiger partial charge on any atom is -0.351 e. The number of halogens is 4. The smallest absolute Gasteiger partial charge is 0.351 e. The molecule has 4 rings (SSSR count). The molecule has 1 aromatic carbocycles. The maximum absolute atomic E-state index is 13.8. The van der Waals surface area contributed by atoms with Crippen molar-refractivity contribution in [1.29, 1.82) is 0 Å². The second-order valence-corrected chi connectivity index (χ2v) is 11.3. The molecule has 0 amide bonds. The molecule has 3 heterocycles. The van der Waals surface area contributed by atoms with Crippen LogP contribution in [0.3, 0.4) is 0 Å². The summed E-state index contributed by atoms with van der Waals surface area (Å²) >= 11 is 6.46. The summed E-state index contributed by atoms with van der Waals surface area (Å²) in [5.74, 6) is 0.0128. The van der Waals surface area contributed by atoms with Gasteiger partial charge in [0.15, 0.2) is 0 Å². The number of hydrogen-bond acceptors (Lipinski definition) is 7. The number of anilines is 1. The number of alkyl halides is 3. The van der Waals surface area contributed by atoms with Gasteiger partial charge in [0.05, 0.1) is 17.0 Å². The van der Waals surface area contributed by atoms with Gasteiger partial charge in [0.25, 0.3) is 0 Å². The number of piperidine rings is 1. The summed E-state index contributed by atoms with van der Waals surface area (Å²) in [7, 11) is -1.46. The minimum absolute atomic E-state index is 0.00778. The molecule has 0 bridgehead atoms. The third-order valence-electron chi connectivity index (χ3n) is 6.36.